The molecule has 1 aliphatic carbocycles. The zero-order valence-electron chi connectivity index (χ0n) is 11.6. The number of aromatic nitrogens is 2. The molecule has 0 amide bonds. The lowest BCUT2D eigenvalue weighted by atomic mass is 10.1. The molecule has 2 aromatic rings. The minimum Gasteiger partial charge on any atom is -0.406 e. The lowest BCUT2D eigenvalue weighted by Crippen LogP contribution is -2.16. The van der Waals surface area contributed by atoms with E-state index >= 15 is 0 Å². The van der Waals surface area contributed by atoms with Gasteiger partial charge in [-0.15, -0.1) is 13.2 Å². The summed E-state index contributed by atoms with van der Waals surface area (Å²) < 4.78 is 40.3. The molecular weight excluding hydrogens is 295 g/mol. The highest BCUT2D eigenvalue weighted by atomic mass is 19.4. The van der Waals surface area contributed by atoms with E-state index in [9.17, 15) is 13.2 Å². The lowest BCUT2D eigenvalue weighted by Gasteiger charge is -2.11. The number of hydrogen-bond donors (Lipinski definition) is 1. The Balaban J connectivity index is 1.78. The van der Waals surface area contributed by atoms with Gasteiger partial charge in [0.2, 0.25) is 0 Å². The van der Waals surface area contributed by atoms with Crippen molar-refractivity contribution in [3.63, 3.8) is 0 Å². The van der Waals surface area contributed by atoms with Gasteiger partial charge in [0.25, 0.3) is 0 Å². The molecule has 7 heteroatoms. The van der Waals surface area contributed by atoms with Gasteiger partial charge in [0.1, 0.15) is 11.4 Å². The molecule has 0 radical (unpaired) electrons. The number of nitrogens with zero attached hydrogens (tertiary/aromatic N) is 2. The van der Waals surface area contributed by atoms with Gasteiger partial charge in [-0.05, 0) is 43.0 Å². The van der Waals surface area contributed by atoms with Gasteiger partial charge in [-0.2, -0.15) is 0 Å². The van der Waals surface area contributed by atoms with Gasteiger partial charge in [0, 0.05) is 24.5 Å². The van der Waals surface area contributed by atoms with Crippen LogP contribution >= 0.6 is 0 Å². The summed E-state index contributed by atoms with van der Waals surface area (Å²) in [4.78, 5) is 8.52. The molecule has 0 bridgehead atoms. The number of alkyl halides is 3. The van der Waals surface area contributed by atoms with Crippen LogP contribution < -0.4 is 10.1 Å². The number of ether oxygens (including phenoxy) is 1. The van der Waals surface area contributed by atoms with Crippen molar-refractivity contribution in [2.24, 2.45) is 5.92 Å². The Morgan fingerprint density at radius 1 is 1.09 bits per heavy atom. The van der Waals surface area contributed by atoms with Crippen LogP contribution in [0.3, 0.4) is 0 Å². The molecule has 1 saturated carbocycles. The summed E-state index contributed by atoms with van der Waals surface area (Å²) in [5, 5.41) is 3.24. The second-order valence-electron chi connectivity index (χ2n) is 5.15. The van der Waals surface area contributed by atoms with E-state index in [1.807, 2.05) is 0 Å². The molecule has 1 heterocycles. The Kier molecular flexibility index (Phi) is 3.87. The van der Waals surface area contributed by atoms with Crippen molar-refractivity contribution in [1.29, 1.82) is 0 Å². The Hall–Kier alpha value is -2.31. The average molecular weight is 309 g/mol. The molecule has 1 N–H and O–H groups in total. The van der Waals surface area contributed by atoms with Crippen LogP contribution in [0, 0.1) is 5.92 Å². The summed E-state index contributed by atoms with van der Waals surface area (Å²) in [5.74, 6) is 1.06. The van der Waals surface area contributed by atoms with Crippen LogP contribution in [-0.2, 0) is 0 Å². The molecule has 22 heavy (non-hydrogen) atoms. The fraction of sp³-hybridized carbons (Fsp3) is 0.333. The highest BCUT2D eigenvalue weighted by Gasteiger charge is 2.31. The summed E-state index contributed by atoms with van der Waals surface area (Å²) in [6.07, 6.45) is 0.876. The van der Waals surface area contributed by atoms with E-state index in [1.54, 1.807) is 12.4 Å². The van der Waals surface area contributed by atoms with Gasteiger partial charge >= 0.3 is 6.36 Å². The molecule has 0 atom stereocenters. The molecule has 1 fully saturated rings. The third kappa shape index (κ3) is 3.87. The zero-order chi connectivity index (χ0) is 15.6. The van der Waals surface area contributed by atoms with Gasteiger partial charge in [-0.3, -0.25) is 4.98 Å². The third-order valence-corrected chi connectivity index (χ3v) is 3.31. The fourth-order valence-corrected chi connectivity index (χ4v) is 2.06. The SMILES string of the molecule is FC(F)(F)Oc1ccc(-c2nccnc2NCC2CC2)cc1. The molecule has 0 unspecified atom stereocenters. The van der Waals surface area contributed by atoms with E-state index in [1.165, 1.54) is 37.1 Å². The topological polar surface area (TPSA) is 47.0 Å². The van der Waals surface area contributed by atoms with E-state index in [0.29, 0.717) is 23.0 Å². The number of nitrogens with one attached hydrogen (secondary N) is 1. The number of hydrogen-bond acceptors (Lipinski definition) is 4. The first-order valence-electron chi connectivity index (χ1n) is 6.92. The van der Waals surface area contributed by atoms with Gasteiger partial charge < -0.3 is 10.1 Å². The lowest BCUT2D eigenvalue weighted by molar-refractivity contribution is -0.274. The van der Waals surface area contributed by atoms with Crippen LogP contribution in [0.25, 0.3) is 11.3 Å². The van der Waals surface area contributed by atoms with Gasteiger partial charge in [-0.1, -0.05) is 0 Å². The molecule has 3 rings (SSSR count). The smallest absolute Gasteiger partial charge is 0.406 e. The highest BCUT2D eigenvalue weighted by molar-refractivity contribution is 5.71. The van der Waals surface area contributed by atoms with Crippen LogP contribution in [0.4, 0.5) is 19.0 Å². The molecule has 1 aromatic carbocycles. The summed E-state index contributed by atoms with van der Waals surface area (Å²) in [6.45, 7) is 0.834. The monoisotopic (exact) mass is 309 g/mol. The molecule has 0 saturated heterocycles. The van der Waals surface area contributed by atoms with Crippen molar-refractivity contribution in [3.8, 4) is 17.0 Å². The predicted molar refractivity (Wildman–Crippen MR) is 75.4 cm³/mol. The Morgan fingerprint density at radius 2 is 1.77 bits per heavy atom. The van der Waals surface area contributed by atoms with E-state index in [4.69, 9.17) is 0 Å². The van der Waals surface area contributed by atoms with Crippen molar-refractivity contribution >= 4 is 5.82 Å². The number of rotatable bonds is 5. The fourth-order valence-electron chi connectivity index (χ4n) is 2.06. The predicted octanol–water partition coefficient (Wildman–Crippen LogP) is 3.86. The Bertz CT molecular complexity index is 639. The first kappa shape index (κ1) is 14.6. The van der Waals surface area contributed by atoms with Crippen molar-refractivity contribution < 1.29 is 17.9 Å². The largest absolute Gasteiger partial charge is 0.573 e. The van der Waals surface area contributed by atoms with Gasteiger partial charge in [0.15, 0.2) is 5.82 Å². The van der Waals surface area contributed by atoms with Crippen LogP contribution in [0.2, 0.25) is 0 Å². The standard InChI is InChI=1S/C15H14F3N3O/c16-15(17,18)22-12-5-3-11(4-6-12)13-14(20-8-7-19-13)21-9-10-1-2-10/h3-8,10H,1-2,9H2,(H,20,21). The van der Waals surface area contributed by atoms with Gasteiger partial charge in [-0.25, -0.2) is 4.98 Å². The second-order valence-corrected chi connectivity index (χ2v) is 5.15. The normalized spacial score (nSPS) is 14.7. The average Bonchev–Trinajstić information content (AvgIpc) is 3.29. The van der Waals surface area contributed by atoms with Crippen LogP contribution in [0.15, 0.2) is 36.7 Å². The zero-order valence-corrected chi connectivity index (χ0v) is 11.6. The van der Waals surface area contributed by atoms with E-state index in [0.717, 1.165) is 6.54 Å². The molecule has 116 valence electrons. The summed E-state index contributed by atoms with van der Waals surface area (Å²) in [5.41, 5.74) is 1.29. The second kappa shape index (κ2) is 5.82. The first-order chi connectivity index (χ1) is 10.5. The van der Waals surface area contributed by atoms with Crippen molar-refractivity contribution in [2.75, 3.05) is 11.9 Å². The van der Waals surface area contributed by atoms with Crippen molar-refractivity contribution in [2.45, 2.75) is 19.2 Å². The first-order valence-corrected chi connectivity index (χ1v) is 6.92. The Morgan fingerprint density at radius 3 is 2.41 bits per heavy atom. The van der Waals surface area contributed by atoms with E-state index < -0.39 is 6.36 Å². The maximum atomic E-state index is 12.2. The van der Waals surface area contributed by atoms with E-state index in [2.05, 4.69) is 20.0 Å². The number of anilines is 1. The summed E-state index contributed by atoms with van der Waals surface area (Å²) >= 11 is 0. The quantitative estimate of drug-likeness (QED) is 0.911. The van der Waals surface area contributed by atoms with Gasteiger partial charge in [0.05, 0.1) is 0 Å². The minimum absolute atomic E-state index is 0.257. The summed E-state index contributed by atoms with van der Waals surface area (Å²) in [7, 11) is 0. The maximum absolute atomic E-state index is 12.2. The molecule has 0 spiro atoms. The van der Waals surface area contributed by atoms with Crippen molar-refractivity contribution in [3.05, 3.63) is 36.7 Å². The minimum atomic E-state index is -4.69. The molecular formula is C15H14F3N3O. The molecule has 1 aromatic heterocycles. The maximum Gasteiger partial charge on any atom is 0.573 e. The van der Waals surface area contributed by atoms with Crippen LogP contribution in [-0.4, -0.2) is 22.9 Å². The van der Waals surface area contributed by atoms with Crippen molar-refractivity contribution in [1.82, 2.24) is 9.97 Å². The van der Waals surface area contributed by atoms with E-state index in [-0.39, 0.29) is 5.75 Å². The van der Waals surface area contributed by atoms with Crippen LogP contribution in [0.5, 0.6) is 5.75 Å². The highest BCUT2D eigenvalue weighted by Crippen LogP contribution is 2.31. The molecule has 0 aliphatic heterocycles. The molecule has 1 aliphatic rings. The summed E-state index contributed by atoms with van der Waals surface area (Å²) in [6, 6.07) is 5.60. The number of benzene rings is 1. The number of halogens is 3. The van der Waals surface area contributed by atoms with Crippen LogP contribution in [0.1, 0.15) is 12.8 Å². The molecule has 4 nitrogen and oxygen atoms in total. The third-order valence-electron chi connectivity index (χ3n) is 3.31. The Labute approximate surface area is 125 Å².